The molecule has 6 heteroatoms. The van der Waals surface area contributed by atoms with Crippen LogP contribution < -0.4 is 0 Å². The van der Waals surface area contributed by atoms with Crippen molar-refractivity contribution in [1.82, 2.24) is 4.90 Å². The maximum atomic E-state index is 11.4. The molecule has 0 saturated heterocycles. The van der Waals surface area contributed by atoms with E-state index in [4.69, 9.17) is 9.81 Å². The third kappa shape index (κ3) is 2.62. The van der Waals surface area contributed by atoms with Crippen LogP contribution in [0.25, 0.3) is 0 Å². The molecule has 0 radical (unpaired) electrons. The minimum absolute atomic E-state index is 0.214. The molecule has 0 heterocycles. The molecule has 0 aliphatic carbocycles. The number of carbonyl (C=O) groups excluding carboxylic acids is 1. The van der Waals surface area contributed by atoms with E-state index in [0.717, 1.165) is 4.90 Å². The molecule has 0 aliphatic rings. The lowest BCUT2D eigenvalue weighted by molar-refractivity contribution is 0.0858. The molecule has 0 aromatic heterocycles. The largest absolute Gasteiger partial charge is 0.302 e. The first kappa shape index (κ1) is 11.4. The minimum Gasteiger partial charge on any atom is -0.302 e. The summed E-state index contributed by atoms with van der Waals surface area (Å²) in [6.07, 6.45) is 1.67. The second kappa shape index (κ2) is 4.68. The van der Waals surface area contributed by atoms with E-state index in [2.05, 4.69) is 0 Å². The summed E-state index contributed by atoms with van der Waals surface area (Å²) in [6, 6.07) is 5.54. The summed E-state index contributed by atoms with van der Waals surface area (Å²) in [5, 5.41) is 8.48. The highest BCUT2D eigenvalue weighted by Crippen LogP contribution is 2.08. The zero-order chi connectivity index (χ0) is 11.4. The van der Waals surface area contributed by atoms with Crippen LogP contribution in [0.4, 0.5) is 0 Å². The van der Waals surface area contributed by atoms with Crippen LogP contribution in [0, 0.1) is 11.5 Å². The zero-order valence-electron chi connectivity index (χ0n) is 7.88. The van der Waals surface area contributed by atoms with Gasteiger partial charge in [-0.3, -0.25) is 4.79 Å². The van der Waals surface area contributed by atoms with Gasteiger partial charge in [-0.2, -0.15) is 5.26 Å². The van der Waals surface area contributed by atoms with E-state index in [1.807, 2.05) is 0 Å². The van der Waals surface area contributed by atoms with Crippen LogP contribution in [0.3, 0.4) is 0 Å². The Morgan fingerprint density at radius 2 is 2.00 bits per heavy atom. The van der Waals surface area contributed by atoms with Gasteiger partial charge in [-0.1, -0.05) is 0 Å². The number of nitrogens with zero attached hydrogens (tertiary/aromatic N) is 2. The van der Waals surface area contributed by atoms with Gasteiger partial charge >= 0.3 is 0 Å². The summed E-state index contributed by atoms with van der Waals surface area (Å²) in [5.41, 5.74) is 0.299. The van der Waals surface area contributed by atoms with Gasteiger partial charge in [-0.05, 0) is 24.3 Å². The Labute approximate surface area is 89.2 Å². The smallest absolute Gasteiger partial charge is 0.266 e. The van der Waals surface area contributed by atoms with Gasteiger partial charge in [0.15, 0.2) is 17.3 Å². The lowest BCUT2D eigenvalue weighted by atomic mass is 10.2. The lowest BCUT2D eigenvalue weighted by Gasteiger charge is -2.06. The van der Waals surface area contributed by atoms with Gasteiger partial charge in [-0.15, -0.1) is 0 Å². The van der Waals surface area contributed by atoms with Gasteiger partial charge in [0, 0.05) is 12.6 Å². The normalized spacial score (nSPS) is 11.5. The highest BCUT2D eigenvalue weighted by Gasteiger charge is 2.10. The molecule has 0 fully saturated rings. The molecule has 78 valence electrons. The van der Waals surface area contributed by atoms with Crippen molar-refractivity contribution < 1.29 is 13.6 Å². The SMILES string of the molecule is CN(C#N)C(=O)c1ccc(S(=O)O)cc1. The van der Waals surface area contributed by atoms with Gasteiger partial charge < -0.3 is 4.55 Å². The Morgan fingerprint density at radius 1 is 1.47 bits per heavy atom. The van der Waals surface area contributed by atoms with Crippen molar-refractivity contribution in [1.29, 1.82) is 5.26 Å². The highest BCUT2D eigenvalue weighted by molar-refractivity contribution is 7.79. The fraction of sp³-hybridized carbons (Fsp3) is 0.111. The molecular formula is C9H8N2O3S. The third-order valence-electron chi connectivity index (χ3n) is 1.76. The second-order valence-corrected chi connectivity index (χ2v) is 3.71. The van der Waals surface area contributed by atoms with E-state index >= 15 is 0 Å². The van der Waals surface area contributed by atoms with Gasteiger partial charge in [0.05, 0.1) is 4.90 Å². The fourth-order valence-corrected chi connectivity index (χ4v) is 1.32. The summed E-state index contributed by atoms with van der Waals surface area (Å²) < 4.78 is 19.4. The average Bonchev–Trinajstić information content (AvgIpc) is 2.27. The molecule has 1 N–H and O–H groups in total. The van der Waals surface area contributed by atoms with Crippen molar-refractivity contribution in [2.75, 3.05) is 7.05 Å². The number of amides is 1. The first-order chi connectivity index (χ1) is 7.06. The van der Waals surface area contributed by atoms with Crippen LogP contribution >= 0.6 is 0 Å². The van der Waals surface area contributed by atoms with Gasteiger partial charge in [0.25, 0.3) is 5.91 Å². The third-order valence-corrected chi connectivity index (χ3v) is 2.43. The Hall–Kier alpha value is -1.71. The topological polar surface area (TPSA) is 81.4 Å². The predicted molar refractivity (Wildman–Crippen MR) is 53.2 cm³/mol. The zero-order valence-corrected chi connectivity index (χ0v) is 8.69. The molecule has 1 amide bonds. The van der Waals surface area contributed by atoms with Crippen LogP contribution in [0.5, 0.6) is 0 Å². The lowest BCUT2D eigenvalue weighted by Crippen LogP contribution is -2.21. The summed E-state index contributed by atoms with van der Waals surface area (Å²) in [4.78, 5) is 12.5. The molecule has 1 aromatic carbocycles. The van der Waals surface area contributed by atoms with Crippen molar-refractivity contribution in [2.24, 2.45) is 0 Å². The molecule has 1 atom stereocenters. The number of carbonyl (C=O) groups is 1. The first-order valence-electron chi connectivity index (χ1n) is 3.95. The monoisotopic (exact) mass is 224 g/mol. The molecule has 1 unspecified atom stereocenters. The van der Waals surface area contributed by atoms with Crippen LogP contribution in [0.1, 0.15) is 10.4 Å². The minimum atomic E-state index is -2.05. The number of nitriles is 1. The van der Waals surface area contributed by atoms with E-state index in [1.165, 1.54) is 31.3 Å². The summed E-state index contributed by atoms with van der Waals surface area (Å²) >= 11 is -2.05. The molecule has 1 rings (SSSR count). The van der Waals surface area contributed by atoms with Gasteiger partial charge in [0.1, 0.15) is 0 Å². The van der Waals surface area contributed by atoms with Gasteiger partial charge in [-0.25, -0.2) is 9.11 Å². The summed E-state index contributed by atoms with van der Waals surface area (Å²) in [6.45, 7) is 0. The van der Waals surface area contributed by atoms with Crippen LogP contribution in [-0.4, -0.2) is 26.6 Å². The maximum absolute atomic E-state index is 11.4. The molecule has 0 aliphatic heterocycles. The molecular weight excluding hydrogens is 216 g/mol. The van der Waals surface area contributed by atoms with E-state index < -0.39 is 17.0 Å². The fourth-order valence-electron chi connectivity index (χ4n) is 0.953. The Bertz CT molecular complexity index is 436. The molecule has 15 heavy (non-hydrogen) atoms. The van der Waals surface area contributed by atoms with E-state index in [-0.39, 0.29) is 4.90 Å². The van der Waals surface area contributed by atoms with E-state index in [0.29, 0.717) is 5.56 Å². The summed E-state index contributed by atoms with van der Waals surface area (Å²) in [5.74, 6) is -0.451. The number of hydrogen-bond donors (Lipinski definition) is 1. The molecule has 0 spiro atoms. The molecule has 5 nitrogen and oxygen atoms in total. The van der Waals surface area contributed by atoms with E-state index in [9.17, 15) is 9.00 Å². The number of rotatable bonds is 2. The maximum Gasteiger partial charge on any atom is 0.266 e. The van der Waals surface area contributed by atoms with Crippen molar-refractivity contribution in [3.05, 3.63) is 29.8 Å². The first-order valence-corrected chi connectivity index (χ1v) is 5.05. The Balaban J connectivity index is 2.95. The predicted octanol–water partition coefficient (Wildman–Crippen LogP) is 0.820. The number of hydrogen-bond acceptors (Lipinski definition) is 3. The second-order valence-electron chi connectivity index (χ2n) is 2.74. The average molecular weight is 224 g/mol. The molecule has 0 saturated carbocycles. The van der Waals surface area contributed by atoms with Gasteiger partial charge in [0.2, 0.25) is 0 Å². The highest BCUT2D eigenvalue weighted by atomic mass is 32.2. The van der Waals surface area contributed by atoms with Crippen molar-refractivity contribution in [3.63, 3.8) is 0 Å². The van der Waals surface area contributed by atoms with Crippen LogP contribution in [-0.2, 0) is 11.1 Å². The van der Waals surface area contributed by atoms with Crippen LogP contribution in [0.15, 0.2) is 29.2 Å². The van der Waals surface area contributed by atoms with Crippen molar-refractivity contribution >= 4 is 17.0 Å². The molecule has 1 aromatic rings. The van der Waals surface area contributed by atoms with E-state index in [1.54, 1.807) is 6.19 Å². The molecule has 0 bridgehead atoms. The van der Waals surface area contributed by atoms with Crippen molar-refractivity contribution in [2.45, 2.75) is 4.90 Å². The van der Waals surface area contributed by atoms with Crippen LogP contribution in [0.2, 0.25) is 0 Å². The Morgan fingerprint density at radius 3 is 2.40 bits per heavy atom. The quantitative estimate of drug-likeness (QED) is 0.458. The Kier molecular flexibility index (Phi) is 3.55. The van der Waals surface area contributed by atoms with Crippen molar-refractivity contribution in [3.8, 4) is 6.19 Å². The number of benzene rings is 1. The standard InChI is InChI=1S/C9H8N2O3S/c1-11(6-10)9(12)7-2-4-8(5-3-7)15(13)14/h2-5H,1H3,(H,13,14). The summed E-state index contributed by atoms with van der Waals surface area (Å²) in [7, 11) is 1.35.